The Morgan fingerprint density at radius 2 is 1.86 bits per heavy atom. The Morgan fingerprint density at radius 1 is 1.36 bits per heavy atom. The maximum Gasteiger partial charge on any atom is 0.260 e. The van der Waals surface area contributed by atoms with Crippen LogP contribution in [0.4, 0.5) is 5.69 Å². The maximum absolute atomic E-state index is 4.91. The van der Waals surface area contributed by atoms with E-state index in [1.165, 1.54) is 7.11 Å². The molecule has 0 amide bonds. The van der Waals surface area contributed by atoms with E-state index in [0.717, 1.165) is 20.2 Å². The molecule has 1 rings (SSSR count). The zero-order chi connectivity index (χ0) is 10.7. The molecule has 0 aliphatic carbocycles. The van der Waals surface area contributed by atoms with Crippen molar-refractivity contribution < 1.29 is 4.74 Å². The van der Waals surface area contributed by atoms with E-state index in [4.69, 9.17) is 17.0 Å². The van der Waals surface area contributed by atoms with Gasteiger partial charge >= 0.3 is 0 Å². The minimum absolute atomic E-state index is 0.343. The van der Waals surface area contributed by atoms with Gasteiger partial charge in [-0.05, 0) is 68.7 Å². The molecule has 1 aromatic rings. The smallest absolute Gasteiger partial charge is 0.260 e. The molecule has 0 aromatic heterocycles. The van der Waals surface area contributed by atoms with Gasteiger partial charge in [-0.15, -0.1) is 0 Å². The van der Waals surface area contributed by atoms with E-state index in [-0.39, 0.29) is 0 Å². The number of hydrogen-bond donors (Lipinski definition) is 1. The van der Waals surface area contributed by atoms with Crippen LogP contribution in [0.5, 0.6) is 0 Å². The number of benzene rings is 1. The van der Waals surface area contributed by atoms with Crippen molar-refractivity contribution in [3.63, 3.8) is 0 Å². The zero-order valence-corrected chi connectivity index (χ0v) is 11.7. The van der Waals surface area contributed by atoms with Crippen molar-refractivity contribution in [2.45, 2.75) is 6.92 Å². The van der Waals surface area contributed by atoms with Gasteiger partial charge in [-0.1, -0.05) is 0 Å². The average molecular weight is 339 g/mol. The van der Waals surface area contributed by atoms with E-state index in [0.29, 0.717) is 5.17 Å². The summed E-state index contributed by atoms with van der Waals surface area (Å²) in [6.07, 6.45) is 0. The van der Waals surface area contributed by atoms with Gasteiger partial charge in [0.15, 0.2) is 0 Å². The van der Waals surface area contributed by atoms with Gasteiger partial charge in [0.05, 0.1) is 12.8 Å². The first-order valence-electron chi connectivity index (χ1n) is 3.85. The lowest BCUT2D eigenvalue weighted by molar-refractivity contribution is 0.413. The molecule has 5 heteroatoms. The number of halogens is 2. The predicted molar refractivity (Wildman–Crippen MR) is 69.8 cm³/mol. The van der Waals surface area contributed by atoms with E-state index in [1.54, 1.807) is 0 Å². The predicted octanol–water partition coefficient (Wildman–Crippen LogP) is 3.86. The maximum atomic E-state index is 4.91. The van der Waals surface area contributed by atoms with Crippen LogP contribution >= 0.6 is 44.1 Å². The normalized spacial score (nSPS) is 9.71. The van der Waals surface area contributed by atoms with Crippen LogP contribution in [0.15, 0.2) is 21.1 Å². The second kappa shape index (κ2) is 5.09. The molecule has 0 spiro atoms. The largest absolute Gasteiger partial charge is 0.474 e. The number of rotatable bonds is 1. The van der Waals surface area contributed by atoms with Crippen LogP contribution in [0.2, 0.25) is 0 Å². The molecule has 0 atom stereocenters. The Bertz CT molecular complexity index is 345. The van der Waals surface area contributed by atoms with Gasteiger partial charge in [0.2, 0.25) is 0 Å². The number of hydrogen-bond acceptors (Lipinski definition) is 2. The lowest BCUT2D eigenvalue weighted by Crippen LogP contribution is -2.11. The Balaban J connectivity index is 3.02. The molecule has 0 aliphatic rings. The van der Waals surface area contributed by atoms with Gasteiger partial charge in [0.1, 0.15) is 0 Å². The van der Waals surface area contributed by atoms with Gasteiger partial charge in [-0.3, -0.25) is 0 Å². The molecule has 0 fully saturated rings. The average Bonchev–Trinajstić information content (AvgIpc) is 2.10. The molecular formula is C9H9Br2NOS. The van der Waals surface area contributed by atoms with Crippen molar-refractivity contribution in [1.29, 1.82) is 0 Å². The summed E-state index contributed by atoms with van der Waals surface area (Å²) in [6, 6.07) is 4.01. The van der Waals surface area contributed by atoms with Gasteiger partial charge in [0.25, 0.3) is 5.17 Å². The Kier molecular flexibility index (Phi) is 4.34. The zero-order valence-electron chi connectivity index (χ0n) is 7.73. The van der Waals surface area contributed by atoms with E-state index in [9.17, 15) is 0 Å². The second-order valence-corrected chi connectivity index (χ2v) is 4.80. The number of methoxy groups -OCH3 is 1. The number of nitrogens with one attached hydrogen (secondary N) is 1. The van der Waals surface area contributed by atoms with Crippen molar-refractivity contribution in [2.24, 2.45) is 0 Å². The molecule has 0 saturated carbocycles. The fourth-order valence-electron chi connectivity index (χ4n) is 0.972. The molecule has 1 N–H and O–H groups in total. The van der Waals surface area contributed by atoms with Gasteiger partial charge in [0, 0.05) is 8.95 Å². The van der Waals surface area contributed by atoms with E-state index in [2.05, 4.69) is 37.2 Å². The highest BCUT2D eigenvalue weighted by Gasteiger charge is 2.07. The summed E-state index contributed by atoms with van der Waals surface area (Å²) in [4.78, 5) is 0. The fraction of sp³-hybridized carbons (Fsp3) is 0.222. The molecule has 0 saturated heterocycles. The van der Waals surface area contributed by atoms with E-state index < -0.39 is 0 Å². The highest BCUT2D eigenvalue weighted by atomic mass is 79.9. The SMILES string of the molecule is COC(=S)Nc1c(Br)cc(C)cc1Br. The molecule has 0 aliphatic heterocycles. The molecule has 2 nitrogen and oxygen atoms in total. The summed E-state index contributed by atoms with van der Waals surface area (Å²) in [6.45, 7) is 2.02. The molecule has 76 valence electrons. The number of aryl methyl sites for hydroxylation is 1. The van der Waals surface area contributed by atoms with Gasteiger partial charge in [-0.2, -0.15) is 0 Å². The summed E-state index contributed by atoms with van der Waals surface area (Å²) in [5, 5.41) is 3.31. The second-order valence-electron chi connectivity index (χ2n) is 2.72. The summed E-state index contributed by atoms with van der Waals surface area (Å²) in [5.41, 5.74) is 2.04. The highest BCUT2D eigenvalue weighted by molar-refractivity contribution is 9.11. The fourth-order valence-corrected chi connectivity index (χ4v) is 2.69. The first kappa shape index (κ1) is 11.9. The first-order chi connectivity index (χ1) is 6.54. The van der Waals surface area contributed by atoms with Crippen molar-refractivity contribution >= 4 is 54.9 Å². The van der Waals surface area contributed by atoms with Crippen LogP contribution < -0.4 is 5.32 Å². The van der Waals surface area contributed by atoms with Gasteiger partial charge < -0.3 is 10.1 Å². The van der Waals surface area contributed by atoms with Crippen molar-refractivity contribution in [1.82, 2.24) is 0 Å². The minimum Gasteiger partial charge on any atom is -0.474 e. The summed E-state index contributed by atoms with van der Waals surface area (Å²) >= 11 is 11.8. The summed E-state index contributed by atoms with van der Waals surface area (Å²) < 4.78 is 6.77. The molecule has 0 heterocycles. The van der Waals surface area contributed by atoms with Crippen molar-refractivity contribution in [3.8, 4) is 0 Å². The van der Waals surface area contributed by atoms with E-state index in [1.807, 2.05) is 19.1 Å². The standard InChI is InChI=1S/C9H9Br2NOS/c1-5-3-6(10)8(7(11)4-5)12-9(14)13-2/h3-4H,1-2H3,(H,12,14). The molecule has 14 heavy (non-hydrogen) atoms. The molecule has 0 bridgehead atoms. The monoisotopic (exact) mass is 337 g/mol. The van der Waals surface area contributed by atoms with Crippen LogP contribution in [0.25, 0.3) is 0 Å². The van der Waals surface area contributed by atoms with Crippen molar-refractivity contribution in [2.75, 3.05) is 12.4 Å². The molecule has 0 radical (unpaired) electrons. The van der Waals surface area contributed by atoms with Crippen LogP contribution in [-0.4, -0.2) is 12.3 Å². The molecule has 0 unspecified atom stereocenters. The third-order valence-electron chi connectivity index (χ3n) is 1.60. The van der Waals surface area contributed by atoms with Gasteiger partial charge in [-0.25, -0.2) is 0 Å². The summed E-state index contributed by atoms with van der Waals surface area (Å²) in [7, 11) is 1.53. The molecular weight excluding hydrogens is 330 g/mol. The minimum atomic E-state index is 0.343. The van der Waals surface area contributed by atoms with Crippen LogP contribution in [0.3, 0.4) is 0 Å². The summed E-state index contributed by atoms with van der Waals surface area (Å²) in [5.74, 6) is 0. The van der Waals surface area contributed by atoms with Crippen LogP contribution in [0.1, 0.15) is 5.56 Å². The lowest BCUT2D eigenvalue weighted by atomic mass is 10.2. The third kappa shape index (κ3) is 2.93. The van der Waals surface area contributed by atoms with Crippen LogP contribution in [-0.2, 0) is 4.74 Å². The molecule has 1 aromatic carbocycles. The highest BCUT2D eigenvalue weighted by Crippen LogP contribution is 2.32. The number of anilines is 1. The lowest BCUT2D eigenvalue weighted by Gasteiger charge is -2.11. The Morgan fingerprint density at radius 3 is 2.29 bits per heavy atom. The van der Waals surface area contributed by atoms with E-state index >= 15 is 0 Å². The Hall–Kier alpha value is -0.130. The number of ether oxygens (including phenoxy) is 1. The topological polar surface area (TPSA) is 21.3 Å². The third-order valence-corrected chi connectivity index (χ3v) is 3.12. The first-order valence-corrected chi connectivity index (χ1v) is 5.84. The Labute approximate surface area is 105 Å². The van der Waals surface area contributed by atoms with Crippen LogP contribution in [0, 0.1) is 6.92 Å². The number of thiocarbonyl (C=S) groups is 1. The quantitative estimate of drug-likeness (QED) is 0.785. The van der Waals surface area contributed by atoms with Crippen molar-refractivity contribution in [3.05, 3.63) is 26.6 Å².